The van der Waals surface area contributed by atoms with Crippen LogP contribution in [0.15, 0.2) is 12.1 Å². The summed E-state index contributed by atoms with van der Waals surface area (Å²) in [7, 11) is 0. The molecule has 0 spiro atoms. The zero-order valence-electron chi connectivity index (χ0n) is 20.0. The maximum Gasteiger partial charge on any atom is 0.271 e. The van der Waals surface area contributed by atoms with Crippen molar-refractivity contribution in [2.45, 2.75) is 62.6 Å². The lowest BCUT2D eigenvalue weighted by molar-refractivity contribution is -0.179. The molecule has 1 aromatic heterocycles. The number of nitriles is 1. The highest BCUT2D eigenvalue weighted by Gasteiger charge is 2.60. The predicted octanol–water partition coefficient (Wildman–Crippen LogP) is 3.14. The van der Waals surface area contributed by atoms with E-state index in [0.29, 0.717) is 25.5 Å². The molecule has 1 aliphatic carbocycles. The summed E-state index contributed by atoms with van der Waals surface area (Å²) >= 11 is 0. The minimum Gasteiger partial charge on any atom is -0.356 e. The number of fused-ring (bicyclic) bond motifs is 4. The minimum absolute atomic E-state index is 0.0225. The fraction of sp³-hybridized carbons (Fsp3) is 0.520. The molecular weight excluding hydrogens is 513 g/mol. The van der Waals surface area contributed by atoms with Gasteiger partial charge in [0.2, 0.25) is 11.8 Å². The Kier molecular flexibility index (Phi) is 6.53. The molecule has 4 heterocycles. The van der Waals surface area contributed by atoms with Crippen molar-refractivity contribution in [2.75, 3.05) is 6.54 Å². The van der Waals surface area contributed by atoms with Gasteiger partial charge in [-0.2, -0.15) is 5.26 Å². The fourth-order valence-corrected chi connectivity index (χ4v) is 5.99. The van der Waals surface area contributed by atoms with Crippen LogP contribution in [0.4, 0.5) is 22.0 Å². The van der Waals surface area contributed by atoms with E-state index in [-0.39, 0.29) is 25.2 Å². The largest absolute Gasteiger partial charge is 0.356 e. The second kappa shape index (κ2) is 9.56. The maximum absolute atomic E-state index is 14.9. The summed E-state index contributed by atoms with van der Waals surface area (Å²) in [5.41, 5.74) is -0.998. The van der Waals surface area contributed by atoms with Crippen LogP contribution >= 0.6 is 0 Å². The minimum atomic E-state index is -3.27. The van der Waals surface area contributed by atoms with Crippen LogP contribution in [0.1, 0.15) is 49.0 Å². The molecule has 1 aromatic carbocycles. The summed E-state index contributed by atoms with van der Waals surface area (Å²) in [6.07, 6.45) is 0.601. The number of nitrogens with zero attached hydrogens (tertiary/aromatic N) is 2. The second-order valence-electron chi connectivity index (χ2n) is 10.1. The van der Waals surface area contributed by atoms with Gasteiger partial charge in [0.1, 0.15) is 23.6 Å². The average molecular weight is 537 g/mol. The van der Waals surface area contributed by atoms with Gasteiger partial charge in [0.15, 0.2) is 11.6 Å². The van der Waals surface area contributed by atoms with Gasteiger partial charge in [-0.3, -0.25) is 14.4 Å². The summed E-state index contributed by atoms with van der Waals surface area (Å²) in [5.74, 6) is -11.6. The van der Waals surface area contributed by atoms with Gasteiger partial charge in [-0.1, -0.05) is 0 Å². The van der Waals surface area contributed by atoms with Gasteiger partial charge >= 0.3 is 0 Å². The lowest BCUT2D eigenvalue weighted by atomic mass is 9.71. The number of piperidine rings is 3. The number of carbonyl (C=O) groups excluding carboxylic acids is 3. The first-order valence-electron chi connectivity index (χ1n) is 12.4. The number of nitrogens with one attached hydrogen (secondary N) is 3. The van der Waals surface area contributed by atoms with Gasteiger partial charge in [-0.05, 0) is 38.2 Å². The predicted molar refractivity (Wildman–Crippen MR) is 122 cm³/mol. The first-order valence-corrected chi connectivity index (χ1v) is 12.4. The van der Waals surface area contributed by atoms with E-state index < -0.39 is 88.2 Å². The van der Waals surface area contributed by atoms with Crippen LogP contribution in [-0.2, 0) is 9.59 Å². The fourth-order valence-electron chi connectivity index (χ4n) is 5.99. The Morgan fingerprint density at radius 1 is 1.18 bits per heavy atom. The molecule has 6 rings (SSSR count). The van der Waals surface area contributed by atoms with Crippen molar-refractivity contribution in [3.63, 3.8) is 0 Å². The van der Waals surface area contributed by atoms with Crippen LogP contribution in [0.25, 0.3) is 10.9 Å². The van der Waals surface area contributed by atoms with Crippen molar-refractivity contribution in [1.82, 2.24) is 20.5 Å². The van der Waals surface area contributed by atoms with Gasteiger partial charge in [-0.25, -0.2) is 22.0 Å². The van der Waals surface area contributed by atoms with E-state index in [1.54, 1.807) is 0 Å². The second-order valence-corrected chi connectivity index (χ2v) is 10.1. The van der Waals surface area contributed by atoms with Crippen LogP contribution < -0.4 is 10.6 Å². The summed E-state index contributed by atoms with van der Waals surface area (Å²) in [6.45, 7) is 0.504. The van der Waals surface area contributed by atoms with E-state index in [1.165, 1.54) is 0 Å². The molecule has 2 aromatic rings. The molecule has 0 radical (unpaired) electrons. The highest BCUT2D eigenvalue weighted by Crippen LogP contribution is 2.49. The molecule has 13 heteroatoms. The Morgan fingerprint density at radius 2 is 1.95 bits per heavy atom. The van der Waals surface area contributed by atoms with Crippen molar-refractivity contribution in [3.05, 3.63) is 35.3 Å². The standard InChI is InChI=1S/C25H24F5N5O3/c26-16-8-17(27)19(28)20-14(16)7-18(34-20)24(38)35-13-3-4-15(25(29,30)9-13)21(35)23(37)33-12(10-31)6-11-2-1-5-32-22(11)36/h7-8,11-13,15,21,34H,1-6,9H2,(H,32,36)(H,33,37)/t11-,12+,13-,15-,21-/m1/s1. The third kappa shape index (κ3) is 4.35. The highest BCUT2D eigenvalue weighted by molar-refractivity contribution is 6.01. The van der Waals surface area contributed by atoms with Crippen molar-refractivity contribution in [3.8, 4) is 6.07 Å². The molecule has 202 valence electrons. The summed E-state index contributed by atoms with van der Waals surface area (Å²) in [4.78, 5) is 42.3. The normalized spacial score (nSPS) is 27.1. The molecular formula is C25H24F5N5O3. The monoisotopic (exact) mass is 537 g/mol. The number of halogens is 5. The number of H-pyrrole nitrogens is 1. The van der Waals surface area contributed by atoms with Gasteiger partial charge in [0.05, 0.1) is 17.5 Å². The van der Waals surface area contributed by atoms with Gasteiger partial charge < -0.3 is 20.5 Å². The smallest absolute Gasteiger partial charge is 0.271 e. The number of benzene rings is 1. The maximum atomic E-state index is 14.9. The quantitative estimate of drug-likeness (QED) is 0.401. The third-order valence-corrected chi connectivity index (χ3v) is 7.82. The van der Waals surface area contributed by atoms with Crippen LogP contribution in [0.3, 0.4) is 0 Å². The van der Waals surface area contributed by atoms with E-state index in [0.717, 1.165) is 11.0 Å². The molecule has 3 saturated heterocycles. The first-order chi connectivity index (χ1) is 18.0. The molecule has 3 aliphatic heterocycles. The number of aromatic nitrogens is 1. The highest BCUT2D eigenvalue weighted by atomic mass is 19.3. The van der Waals surface area contributed by atoms with Crippen LogP contribution in [0, 0.1) is 40.6 Å². The van der Waals surface area contributed by atoms with Crippen LogP contribution in [0.2, 0.25) is 0 Å². The average Bonchev–Trinajstić information content (AvgIpc) is 3.33. The number of hydrogen-bond donors (Lipinski definition) is 3. The number of alkyl halides is 2. The van der Waals surface area contributed by atoms with Gasteiger partial charge in [0, 0.05) is 36.4 Å². The van der Waals surface area contributed by atoms with Gasteiger partial charge in [0.25, 0.3) is 11.8 Å². The molecule has 3 N–H and O–H groups in total. The molecule has 1 saturated carbocycles. The van der Waals surface area contributed by atoms with E-state index >= 15 is 0 Å². The van der Waals surface area contributed by atoms with E-state index in [2.05, 4.69) is 15.6 Å². The van der Waals surface area contributed by atoms with Crippen molar-refractivity contribution in [2.24, 2.45) is 11.8 Å². The lowest BCUT2D eigenvalue weighted by Gasteiger charge is -2.53. The molecule has 0 unspecified atom stereocenters. The lowest BCUT2D eigenvalue weighted by Crippen LogP contribution is -2.68. The molecule has 5 atom stereocenters. The van der Waals surface area contributed by atoms with E-state index in [9.17, 15) is 41.6 Å². The van der Waals surface area contributed by atoms with Crippen molar-refractivity contribution < 1.29 is 36.3 Å². The molecule has 38 heavy (non-hydrogen) atoms. The first kappa shape index (κ1) is 25.9. The number of rotatable bonds is 5. The molecule has 2 bridgehead atoms. The topological polar surface area (TPSA) is 118 Å². The zero-order valence-corrected chi connectivity index (χ0v) is 20.0. The molecule has 3 amide bonds. The molecule has 4 aliphatic rings. The summed E-state index contributed by atoms with van der Waals surface area (Å²) < 4.78 is 72.0. The summed E-state index contributed by atoms with van der Waals surface area (Å²) in [6, 6.07) is -0.723. The Labute approximate surface area is 213 Å². The number of carbonyl (C=O) groups is 3. The number of aromatic amines is 1. The summed E-state index contributed by atoms with van der Waals surface area (Å²) in [5, 5.41) is 14.3. The Balaban J connectivity index is 1.44. The van der Waals surface area contributed by atoms with Crippen LogP contribution in [0.5, 0.6) is 0 Å². The SMILES string of the molecule is N#C[C@H](C[C@H]1CCCNC1=O)NC(=O)[C@H]1[C@H]2CC[C@H](CC2(F)F)N1C(=O)c1cc2c(F)cc(F)c(F)c2[nH]1. The number of amides is 3. The Morgan fingerprint density at radius 3 is 2.63 bits per heavy atom. The molecule has 8 nitrogen and oxygen atoms in total. The third-order valence-electron chi connectivity index (χ3n) is 7.82. The Hall–Kier alpha value is -3.69. The Bertz CT molecular complexity index is 1360. The zero-order chi connectivity index (χ0) is 27.4. The molecule has 4 fully saturated rings. The van der Waals surface area contributed by atoms with Crippen molar-refractivity contribution >= 4 is 28.6 Å². The van der Waals surface area contributed by atoms with Crippen LogP contribution in [-0.4, -0.2) is 58.2 Å². The van der Waals surface area contributed by atoms with Crippen molar-refractivity contribution in [1.29, 1.82) is 5.26 Å². The van der Waals surface area contributed by atoms with Gasteiger partial charge in [-0.15, -0.1) is 0 Å². The van der Waals surface area contributed by atoms with E-state index in [1.807, 2.05) is 6.07 Å². The number of hydrogen-bond acceptors (Lipinski definition) is 4. The van der Waals surface area contributed by atoms with E-state index in [4.69, 9.17) is 0 Å².